The molecule has 2 aromatic heterocycles. The molecule has 0 saturated heterocycles. The van der Waals surface area contributed by atoms with E-state index < -0.39 is 5.69 Å². The monoisotopic (exact) mass is 283 g/mol. The molecule has 0 aliphatic rings. The van der Waals surface area contributed by atoms with Gasteiger partial charge < -0.3 is 5.32 Å². The first-order valence-corrected chi connectivity index (χ1v) is 6.41. The van der Waals surface area contributed by atoms with E-state index in [0.717, 1.165) is 15.9 Å². The van der Waals surface area contributed by atoms with E-state index in [0.29, 0.717) is 0 Å². The average molecular weight is 283 g/mol. The maximum Gasteiger partial charge on any atom is 0.352 e. The molecular weight excluding hydrogens is 270 g/mol. The smallest absolute Gasteiger partial charge is 0.324 e. The fraction of sp³-hybridized carbons (Fsp3) is 0.143. The molecule has 0 spiro atoms. The summed E-state index contributed by atoms with van der Waals surface area (Å²) in [7, 11) is 0. The van der Waals surface area contributed by atoms with Crippen LogP contribution in [-0.2, 0) is 11.3 Å². The molecule has 3 aromatic rings. The van der Waals surface area contributed by atoms with Crippen molar-refractivity contribution in [3.05, 3.63) is 58.8 Å². The fourth-order valence-corrected chi connectivity index (χ4v) is 2.00. The summed E-state index contributed by atoms with van der Waals surface area (Å²) in [6.07, 6.45) is 3.10. The number of amides is 1. The number of nitrogens with one attached hydrogen (secondary N) is 1. The van der Waals surface area contributed by atoms with E-state index in [1.165, 1.54) is 4.40 Å². The molecule has 2 heterocycles. The van der Waals surface area contributed by atoms with Crippen molar-refractivity contribution in [3.8, 4) is 0 Å². The Morgan fingerprint density at radius 1 is 1.29 bits per heavy atom. The van der Waals surface area contributed by atoms with Crippen molar-refractivity contribution in [3.63, 3.8) is 0 Å². The third-order valence-electron chi connectivity index (χ3n) is 3.08. The first kappa shape index (κ1) is 13.0. The van der Waals surface area contributed by atoms with E-state index in [1.54, 1.807) is 24.5 Å². The molecule has 0 unspecified atom stereocenters. The third kappa shape index (κ3) is 2.53. The van der Waals surface area contributed by atoms with E-state index in [-0.39, 0.29) is 18.2 Å². The van der Waals surface area contributed by atoms with Crippen molar-refractivity contribution in [1.82, 2.24) is 19.2 Å². The van der Waals surface area contributed by atoms with Gasteiger partial charge in [-0.25, -0.2) is 18.9 Å². The molecule has 1 N–H and O–H groups in total. The van der Waals surface area contributed by atoms with Crippen molar-refractivity contribution >= 4 is 17.4 Å². The quantitative estimate of drug-likeness (QED) is 0.772. The molecule has 1 aromatic carbocycles. The van der Waals surface area contributed by atoms with Gasteiger partial charge in [-0.3, -0.25) is 4.79 Å². The molecule has 0 aliphatic carbocycles. The van der Waals surface area contributed by atoms with Crippen LogP contribution in [0.5, 0.6) is 0 Å². The summed E-state index contributed by atoms with van der Waals surface area (Å²) in [5.74, 6) is -0.0407. The predicted molar refractivity (Wildman–Crippen MR) is 77.1 cm³/mol. The van der Waals surface area contributed by atoms with Gasteiger partial charge in [0, 0.05) is 18.1 Å². The normalized spacial score (nSPS) is 10.7. The second-order valence-corrected chi connectivity index (χ2v) is 4.59. The largest absolute Gasteiger partial charge is 0.352 e. The van der Waals surface area contributed by atoms with Gasteiger partial charge >= 0.3 is 5.69 Å². The highest BCUT2D eigenvalue weighted by Gasteiger charge is 2.11. The lowest BCUT2D eigenvalue weighted by molar-refractivity contribution is -0.117. The van der Waals surface area contributed by atoms with Crippen LogP contribution in [0.1, 0.15) is 5.56 Å². The molecule has 106 valence electrons. The predicted octanol–water partition coefficient (Wildman–Crippen LogP) is 0.838. The Balaban J connectivity index is 1.82. The Bertz CT molecular complexity index is 865. The van der Waals surface area contributed by atoms with E-state index in [2.05, 4.69) is 15.4 Å². The number of carbonyl (C=O) groups is 1. The van der Waals surface area contributed by atoms with Gasteiger partial charge in [-0.15, -0.1) is 5.10 Å². The molecule has 0 saturated carbocycles. The van der Waals surface area contributed by atoms with Crippen LogP contribution in [0.25, 0.3) is 5.78 Å². The lowest BCUT2D eigenvalue weighted by atomic mass is 10.2. The zero-order valence-corrected chi connectivity index (χ0v) is 11.4. The molecular formula is C14H13N5O2. The number of benzene rings is 1. The molecule has 0 atom stereocenters. The van der Waals surface area contributed by atoms with Crippen molar-refractivity contribution in [2.75, 3.05) is 5.32 Å². The number of anilines is 1. The highest BCUT2D eigenvalue weighted by Crippen LogP contribution is 2.12. The number of rotatable bonds is 3. The third-order valence-corrected chi connectivity index (χ3v) is 3.08. The Hall–Kier alpha value is -2.96. The van der Waals surface area contributed by atoms with Gasteiger partial charge in [-0.1, -0.05) is 18.2 Å². The van der Waals surface area contributed by atoms with E-state index in [4.69, 9.17) is 0 Å². The van der Waals surface area contributed by atoms with Gasteiger partial charge in [0.25, 0.3) is 5.78 Å². The Morgan fingerprint density at radius 2 is 2.10 bits per heavy atom. The van der Waals surface area contributed by atoms with Gasteiger partial charge in [0.15, 0.2) is 0 Å². The molecule has 1 amide bonds. The summed E-state index contributed by atoms with van der Waals surface area (Å²) >= 11 is 0. The van der Waals surface area contributed by atoms with Crippen molar-refractivity contribution < 1.29 is 4.79 Å². The van der Waals surface area contributed by atoms with Crippen LogP contribution >= 0.6 is 0 Å². The number of aryl methyl sites for hydroxylation is 1. The maximum atomic E-state index is 12.0. The second kappa shape index (κ2) is 5.20. The van der Waals surface area contributed by atoms with Gasteiger partial charge in [0.2, 0.25) is 5.91 Å². The maximum absolute atomic E-state index is 12.0. The SMILES string of the molecule is Cc1ccccc1NC(=O)Cn1nc2ncccn2c1=O. The lowest BCUT2D eigenvalue weighted by Gasteiger charge is -2.07. The summed E-state index contributed by atoms with van der Waals surface area (Å²) in [5.41, 5.74) is 1.28. The molecule has 0 aliphatic heterocycles. The van der Waals surface area contributed by atoms with Gasteiger partial charge in [0.05, 0.1) is 0 Å². The van der Waals surface area contributed by atoms with E-state index in [1.807, 2.05) is 25.1 Å². The van der Waals surface area contributed by atoms with Crippen LogP contribution in [0.4, 0.5) is 5.69 Å². The topological polar surface area (TPSA) is 81.3 Å². The number of aromatic nitrogens is 4. The molecule has 3 rings (SSSR count). The Labute approximate surface area is 119 Å². The zero-order chi connectivity index (χ0) is 14.8. The van der Waals surface area contributed by atoms with Gasteiger partial charge in [0.1, 0.15) is 6.54 Å². The first-order chi connectivity index (χ1) is 10.1. The summed E-state index contributed by atoms with van der Waals surface area (Å²) in [6, 6.07) is 9.07. The number of nitrogens with zero attached hydrogens (tertiary/aromatic N) is 4. The number of para-hydroxylation sites is 1. The molecule has 0 bridgehead atoms. The van der Waals surface area contributed by atoms with Crippen LogP contribution in [0.3, 0.4) is 0 Å². The summed E-state index contributed by atoms with van der Waals surface area (Å²) in [6.45, 7) is 1.74. The minimum Gasteiger partial charge on any atom is -0.324 e. The van der Waals surface area contributed by atoms with Crippen LogP contribution < -0.4 is 11.0 Å². The summed E-state index contributed by atoms with van der Waals surface area (Å²) in [5, 5.41) is 6.77. The van der Waals surface area contributed by atoms with Gasteiger partial charge in [-0.2, -0.15) is 0 Å². The molecule has 0 radical (unpaired) electrons. The summed E-state index contributed by atoms with van der Waals surface area (Å²) in [4.78, 5) is 28.0. The standard InChI is InChI=1S/C14H13N5O2/c1-10-5-2-3-6-11(10)16-12(20)9-19-14(21)18-8-4-7-15-13(18)17-19/h2-8H,9H2,1H3,(H,16,20). The van der Waals surface area contributed by atoms with Crippen LogP contribution in [0.15, 0.2) is 47.5 Å². The van der Waals surface area contributed by atoms with E-state index in [9.17, 15) is 9.59 Å². The molecule has 0 fully saturated rings. The number of hydrogen-bond donors (Lipinski definition) is 1. The number of hydrogen-bond acceptors (Lipinski definition) is 4. The first-order valence-electron chi connectivity index (χ1n) is 6.41. The second-order valence-electron chi connectivity index (χ2n) is 4.59. The molecule has 21 heavy (non-hydrogen) atoms. The van der Waals surface area contributed by atoms with Crippen molar-refractivity contribution in [2.45, 2.75) is 13.5 Å². The van der Waals surface area contributed by atoms with Crippen molar-refractivity contribution in [1.29, 1.82) is 0 Å². The fourth-order valence-electron chi connectivity index (χ4n) is 2.00. The number of carbonyl (C=O) groups excluding carboxylic acids is 1. The van der Waals surface area contributed by atoms with Crippen LogP contribution in [-0.4, -0.2) is 25.1 Å². The van der Waals surface area contributed by atoms with Crippen LogP contribution in [0.2, 0.25) is 0 Å². The van der Waals surface area contributed by atoms with Gasteiger partial charge in [-0.05, 0) is 24.6 Å². The van der Waals surface area contributed by atoms with Crippen LogP contribution in [0, 0.1) is 6.92 Å². The number of fused-ring (bicyclic) bond motifs is 1. The Kier molecular flexibility index (Phi) is 3.23. The Morgan fingerprint density at radius 3 is 2.86 bits per heavy atom. The summed E-state index contributed by atoms with van der Waals surface area (Å²) < 4.78 is 2.39. The highest BCUT2D eigenvalue weighted by molar-refractivity contribution is 5.91. The van der Waals surface area contributed by atoms with E-state index >= 15 is 0 Å². The highest BCUT2D eigenvalue weighted by atomic mass is 16.2. The van der Waals surface area contributed by atoms with Crippen molar-refractivity contribution in [2.24, 2.45) is 0 Å². The molecule has 7 nitrogen and oxygen atoms in total. The molecule has 7 heteroatoms. The lowest BCUT2D eigenvalue weighted by Crippen LogP contribution is -2.28. The minimum atomic E-state index is -0.391. The average Bonchev–Trinajstić information content (AvgIpc) is 2.78. The minimum absolute atomic E-state index is 0.156. The zero-order valence-electron chi connectivity index (χ0n) is 11.4.